The van der Waals surface area contributed by atoms with E-state index in [-0.39, 0.29) is 12.0 Å². The molecule has 126 valence electrons. The number of benzene rings is 1. The number of nitrogens with one attached hydrogen (secondary N) is 1. The number of nitrogens with zero attached hydrogens (tertiary/aromatic N) is 2. The summed E-state index contributed by atoms with van der Waals surface area (Å²) in [5, 5.41) is 7.79. The Balaban J connectivity index is 1.68. The molecule has 1 N–H and O–H groups in total. The molecule has 1 atom stereocenters. The van der Waals surface area contributed by atoms with Crippen LogP contribution < -0.4 is 5.32 Å². The normalized spacial score (nSPS) is 17.5. The van der Waals surface area contributed by atoms with Gasteiger partial charge in [-0.2, -0.15) is 5.10 Å². The highest BCUT2D eigenvalue weighted by Gasteiger charge is 2.16. The van der Waals surface area contributed by atoms with Crippen LogP contribution in [-0.2, 0) is 9.53 Å². The van der Waals surface area contributed by atoms with Crippen LogP contribution in [-0.4, -0.2) is 34.9 Å². The van der Waals surface area contributed by atoms with Crippen molar-refractivity contribution in [1.82, 2.24) is 15.1 Å². The highest BCUT2D eigenvalue weighted by atomic mass is 35.5. The molecule has 1 aromatic heterocycles. The third-order valence-corrected chi connectivity index (χ3v) is 4.34. The molecule has 5 nitrogen and oxygen atoms in total. The Morgan fingerprint density at radius 3 is 2.96 bits per heavy atom. The van der Waals surface area contributed by atoms with Crippen molar-refractivity contribution in [2.75, 3.05) is 13.2 Å². The molecule has 0 aliphatic carbocycles. The van der Waals surface area contributed by atoms with Crippen LogP contribution in [0, 0.1) is 6.92 Å². The molecule has 0 bridgehead atoms. The SMILES string of the molecule is Cc1nn(-c2ccccc2)c(Cl)c1/C=C/C(=O)NCC1CCCO1. The fourth-order valence-electron chi connectivity index (χ4n) is 2.68. The van der Waals surface area contributed by atoms with E-state index in [1.165, 1.54) is 6.08 Å². The summed E-state index contributed by atoms with van der Waals surface area (Å²) in [5.74, 6) is -0.159. The van der Waals surface area contributed by atoms with Crippen LogP contribution in [0.25, 0.3) is 11.8 Å². The van der Waals surface area contributed by atoms with Gasteiger partial charge >= 0.3 is 0 Å². The molecule has 1 fully saturated rings. The van der Waals surface area contributed by atoms with E-state index in [2.05, 4.69) is 10.4 Å². The molecule has 1 saturated heterocycles. The molecule has 1 aromatic carbocycles. The van der Waals surface area contributed by atoms with Gasteiger partial charge in [-0.05, 0) is 38.0 Å². The predicted octanol–water partition coefficient (Wildman–Crippen LogP) is 3.14. The average molecular weight is 346 g/mol. The van der Waals surface area contributed by atoms with Crippen molar-refractivity contribution in [2.45, 2.75) is 25.9 Å². The monoisotopic (exact) mass is 345 g/mol. The molecular weight excluding hydrogens is 326 g/mol. The van der Waals surface area contributed by atoms with Crippen molar-refractivity contribution in [1.29, 1.82) is 0 Å². The van der Waals surface area contributed by atoms with Gasteiger partial charge in [-0.3, -0.25) is 4.79 Å². The number of carbonyl (C=O) groups is 1. The van der Waals surface area contributed by atoms with Crippen LogP contribution in [0.4, 0.5) is 0 Å². The maximum absolute atomic E-state index is 11.9. The Hall–Kier alpha value is -2.11. The predicted molar refractivity (Wildman–Crippen MR) is 94.3 cm³/mol. The zero-order chi connectivity index (χ0) is 16.9. The zero-order valence-electron chi connectivity index (χ0n) is 13.5. The van der Waals surface area contributed by atoms with Crippen LogP contribution in [0.2, 0.25) is 5.15 Å². The first-order valence-corrected chi connectivity index (χ1v) is 8.41. The second-order valence-corrected chi connectivity index (χ2v) is 6.11. The molecule has 0 spiro atoms. The molecule has 0 radical (unpaired) electrons. The molecule has 1 unspecified atom stereocenters. The van der Waals surface area contributed by atoms with Gasteiger partial charge in [0.05, 0.1) is 17.5 Å². The van der Waals surface area contributed by atoms with E-state index in [1.54, 1.807) is 10.8 Å². The number of aromatic nitrogens is 2. The minimum Gasteiger partial charge on any atom is -0.376 e. The number of aryl methyl sites for hydroxylation is 1. The number of hydrogen-bond donors (Lipinski definition) is 1. The molecule has 1 aliphatic heterocycles. The molecule has 0 saturated carbocycles. The summed E-state index contributed by atoms with van der Waals surface area (Å²) in [6.07, 6.45) is 5.38. The Bertz CT molecular complexity index is 734. The second-order valence-electron chi connectivity index (χ2n) is 5.75. The number of ether oxygens (including phenoxy) is 1. The first-order valence-electron chi connectivity index (χ1n) is 8.03. The van der Waals surface area contributed by atoms with Gasteiger partial charge in [0.2, 0.25) is 5.91 Å². The maximum atomic E-state index is 11.9. The quantitative estimate of drug-likeness (QED) is 0.847. The van der Waals surface area contributed by atoms with Gasteiger partial charge in [0, 0.05) is 24.8 Å². The average Bonchev–Trinajstić information content (AvgIpc) is 3.21. The number of para-hydroxylation sites is 1. The lowest BCUT2D eigenvalue weighted by molar-refractivity contribution is -0.116. The standard InChI is InChI=1S/C18H20ClN3O2/c1-13-16(9-10-17(23)20-12-15-8-5-11-24-15)18(19)22(21-13)14-6-3-2-4-7-14/h2-4,6-7,9-10,15H,5,8,11-12H2,1H3,(H,20,23)/b10-9+. The first-order chi connectivity index (χ1) is 11.6. The largest absolute Gasteiger partial charge is 0.376 e. The van der Waals surface area contributed by atoms with E-state index in [9.17, 15) is 4.79 Å². The van der Waals surface area contributed by atoms with E-state index in [4.69, 9.17) is 16.3 Å². The fraction of sp³-hybridized carbons (Fsp3) is 0.333. The van der Waals surface area contributed by atoms with Gasteiger partial charge in [0.15, 0.2) is 0 Å². The highest BCUT2D eigenvalue weighted by Crippen LogP contribution is 2.24. The third-order valence-electron chi connectivity index (χ3n) is 3.98. The minimum absolute atomic E-state index is 0.133. The van der Waals surface area contributed by atoms with E-state index in [0.29, 0.717) is 11.7 Å². The number of halogens is 1. The number of amides is 1. The molecule has 6 heteroatoms. The zero-order valence-corrected chi connectivity index (χ0v) is 14.3. The third kappa shape index (κ3) is 3.86. The Morgan fingerprint density at radius 2 is 2.25 bits per heavy atom. The first kappa shape index (κ1) is 16.7. The van der Waals surface area contributed by atoms with Crippen molar-refractivity contribution >= 4 is 23.6 Å². The summed E-state index contributed by atoms with van der Waals surface area (Å²) < 4.78 is 7.15. The topological polar surface area (TPSA) is 56.2 Å². The van der Waals surface area contributed by atoms with Crippen LogP contribution in [0.15, 0.2) is 36.4 Å². The van der Waals surface area contributed by atoms with Crippen LogP contribution in [0.1, 0.15) is 24.1 Å². The van der Waals surface area contributed by atoms with Crippen LogP contribution >= 0.6 is 11.6 Å². The summed E-state index contributed by atoms with van der Waals surface area (Å²) in [7, 11) is 0. The number of rotatable bonds is 5. The smallest absolute Gasteiger partial charge is 0.244 e. The van der Waals surface area contributed by atoms with E-state index < -0.39 is 0 Å². The van der Waals surface area contributed by atoms with E-state index in [0.717, 1.165) is 36.4 Å². The van der Waals surface area contributed by atoms with Crippen molar-refractivity contribution in [2.24, 2.45) is 0 Å². The van der Waals surface area contributed by atoms with Gasteiger partial charge in [0.25, 0.3) is 0 Å². The summed E-state index contributed by atoms with van der Waals surface area (Å²) in [4.78, 5) is 11.9. The highest BCUT2D eigenvalue weighted by molar-refractivity contribution is 6.31. The summed E-state index contributed by atoms with van der Waals surface area (Å²) >= 11 is 6.43. The van der Waals surface area contributed by atoms with E-state index in [1.807, 2.05) is 37.3 Å². The molecule has 2 heterocycles. The van der Waals surface area contributed by atoms with Gasteiger partial charge < -0.3 is 10.1 Å². The van der Waals surface area contributed by atoms with Crippen molar-refractivity contribution in [3.63, 3.8) is 0 Å². The molecule has 1 aliphatic rings. The summed E-state index contributed by atoms with van der Waals surface area (Å²) in [6, 6.07) is 9.65. The van der Waals surface area contributed by atoms with Gasteiger partial charge in [-0.25, -0.2) is 4.68 Å². The molecule has 1 amide bonds. The molecule has 3 rings (SSSR count). The lowest BCUT2D eigenvalue weighted by Gasteiger charge is -2.08. The maximum Gasteiger partial charge on any atom is 0.244 e. The number of carbonyl (C=O) groups excluding carboxylic acids is 1. The molecular formula is C18H20ClN3O2. The lowest BCUT2D eigenvalue weighted by atomic mass is 10.2. The van der Waals surface area contributed by atoms with Gasteiger partial charge in [0.1, 0.15) is 5.15 Å². The number of hydrogen-bond acceptors (Lipinski definition) is 3. The van der Waals surface area contributed by atoms with Gasteiger partial charge in [-0.1, -0.05) is 29.8 Å². The Labute approximate surface area is 146 Å². The summed E-state index contributed by atoms with van der Waals surface area (Å²) in [5.41, 5.74) is 2.40. The minimum atomic E-state index is -0.159. The van der Waals surface area contributed by atoms with Gasteiger partial charge in [-0.15, -0.1) is 0 Å². The van der Waals surface area contributed by atoms with Crippen LogP contribution in [0.3, 0.4) is 0 Å². The summed E-state index contributed by atoms with van der Waals surface area (Å²) in [6.45, 7) is 3.19. The molecule has 2 aromatic rings. The van der Waals surface area contributed by atoms with E-state index >= 15 is 0 Å². The lowest BCUT2D eigenvalue weighted by Crippen LogP contribution is -2.30. The second kappa shape index (κ2) is 7.64. The van der Waals surface area contributed by atoms with Crippen molar-refractivity contribution in [3.8, 4) is 5.69 Å². The van der Waals surface area contributed by atoms with Crippen LogP contribution in [0.5, 0.6) is 0 Å². The fourth-order valence-corrected chi connectivity index (χ4v) is 3.01. The Morgan fingerprint density at radius 1 is 1.46 bits per heavy atom. The Kier molecular flexibility index (Phi) is 5.33. The van der Waals surface area contributed by atoms with Crippen molar-refractivity contribution in [3.05, 3.63) is 52.8 Å². The molecule has 24 heavy (non-hydrogen) atoms. The van der Waals surface area contributed by atoms with Crippen molar-refractivity contribution < 1.29 is 9.53 Å².